The van der Waals surface area contributed by atoms with E-state index in [1.165, 1.54) is 4.88 Å². The fourth-order valence-electron chi connectivity index (χ4n) is 1.81. The summed E-state index contributed by atoms with van der Waals surface area (Å²) >= 11 is 1.71. The summed E-state index contributed by atoms with van der Waals surface area (Å²) in [5.74, 6) is 0. The fourth-order valence-corrected chi connectivity index (χ4v) is 2.57. The van der Waals surface area contributed by atoms with Gasteiger partial charge in [0.2, 0.25) is 0 Å². The Kier molecular flexibility index (Phi) is 3.47. The van der Waals surface area contributed by atoms with Crippen LogP contribution in [-0.2, 0) is 0 Å². The normalized spacial score (nSPS) is 10.9. The topological polar surface area (TPSA) is 24.7 Å². The van der Waals surface area contributed by atoms with E-state index in [0.717, 1.165) is 16.9 Å². The van der Waals surface area contributed by atoms with Crippen LogP contribution in [0.25, 0.3) is 10.4 Å². The van der Waals surface area contributed by atoms with Crippen molar-refractivity contribution in [1.29, 1.82) is 0 Å². The lowest BCUT2D eigenvalue weighted by atomic mass is 10.1. The minimum absolute atomic E-state index is 0.864. The molecule has 0 aliphatic heterocycles. The van der Waals surface area contributed by atoms with Crippen molar-refractivity contribution in [1.82, 2.24) is 0 Å². The van der Waals surface area contributed by atoms with E-state index in [0.29, 0.717) is 0 Å². The van der Waals surface area contributed by atoms with Crippen LogP contribution in [0.5, 0.6) is 0 Å². The highest BCUT2D eigenvalue weighted by atomic mass is 32.1. The second-order valence-corrected chi connectivity index (χ2v) is 4.98. The van der Waals surface area contributed by atoms with Crippen LogP contribution >= 0.6 is 11.3 Å². The van der Waals surface area contributed by atoms with E-state index in [4.69, 9.17) is 0 Å². The first kappa shape index (κ1) is 11.8. The molecule has 0 N–H and O–H groups in total. The summed E-state index contributed by atoms with van der Waals surface area (Å²) in [6.45, 7) is 0. The largest absolute Gasteiger partial charge is 0.151 e. The smallest absolute Gasteiger partial charge is 0.0943 e. The molecule has 0 bridgehead atoms. The van der Waals surface area contributed by atoms with Crippen LogP contribution in [0, 0.1) is 0 Å². The zero-order valence-electron chi connectivity index (χ0n) is 10.2. The van der Waals surface area contributed by atoms with E-state index >= 15 is 0 Å². The Labute approximate surface area is 116 Å². The van der Waals surface area contributed by atoms with Crippen molar-refractivity contribution < 1.29 is 0 Å². The quantitative estimate of drug-likeness (QED) is 0.532. The third-order valence-electron chi connectivity index (χ3n) is 2.72. The number of rotatable bonds is 3. The molecule has 0 amide bonds. The predicted molar refractivity (Wildman–Crippen MR) is 80.4 cm³/mol. The van der Waals surface area contributed by atoms with Crippen LogP contribution in [0.1, 0.15) is 0 Å². The molecule has 0 radical (unpaired) electrons. The molecule has 92 valence electrons. The summed E-state index contributed by atoms with van der Waals surface area (Å²) in [4.78, 5) is 1.21. The summed E-state index contributed by atoms with van der Waals surface area (Å²) in [7, 11) is 0. The van der Waals surface area contributed by atoms with Gasteiger partial charge in [0, 0.05) is 10.4 Å². The minimum atomic E-state index is 0.864. The van der Waals surface area contributed by atoms with Gasteiger partial charge in [-0.25, -0.2) is 0 Å². The van der Waals surface area contributed by atoms with Crippen molar-refractivity contribution in [3.63, 3.8) is 0 Å². The van der Waals surface area contributed by atoms with Crippen LogP contribution in [0.15, 0.2) is 82.3 Å². The monoisotopic (exact) mass is 264 g/mol. The van der Waals surface area contributed by atoms with E-state index in [1.807, 2.05) is 54.6 Å². The zero-order valence-corrected chi connectivity index (χ0v) is 11.0. The third-order valence-corrected chi connectivity index (χ3v) is 3.62. The van der Waals surface area contributed by atoms with E-state index in [2.05, 4.69) is 27.7 Å². The molecule has 2 nitrogen and oxygen atoms in total. The molecule has 1 aromatic heterocycles. The van der Waals surface area contributed by atoms with Crippen LogP contribution in [-0.4, -0.2) is 0 Å². The molecule has 0 saturated heterocycles. The average molecular weight is 264 g/mol. The number of hydrogen-bond donors (Lipinski definition) is 0. The zero-order chi connectivity index (χ0) is 12.9. The van der Waals surface area contributed by atoms with Gasteiger partial charge in [0.05, 0.1) is 11.4 Å². The van der Waals surface area contributed by atoms with Gasteiger partial charge in [-0.1, -0.05) is 42.5 Å². The van der Waals surface area contributed by atoms with Gasteiger partial charge < -0.3 is 0 Å². The number of nitrogens with zero attached hydrogens (tertiary/aromatic N) is 2. The Morgan fingerprint density at radius 3 is 2.26 bits per heavy atom. The van der Waals surface area contributed by atoms with Crippen LogP contribution in [0.4, 0.5) is 11.4 Å². The molecule has 0 spiro atoms. The number of azo groups is 1. The highest BCUT2D eigenvalue weighted by Crippen LogP contribution is 2.33. The van der Waals surface area contributed by atoms with Crippen LogP contribution < -0.4 is 0 Å². The second kappa shape index (κ2) is 5.59. The molecule has 3 rings (SSSR count). The number of benzene rings is 2. The Balaban J connectivity index is 1.96. The summed E-state index contributed by atoms with van der Waals surface area (Å²) in [5, 5.41) is 10.7. The molecule has 2 aromatic carbocycles. The van der Waals surface area contributed by atoms with Crippen molar-refractivity contribution in [3.05, 3.63) is 72.1 Å². The van der Waals surface area contributed by atoms with Gasteiger partial charge in [-0.2, -0.15) is 5.11 Å². The number of hydrogen-bond acceptors (Lipinski definition) is 3. The molecule has 0 aliphatic rings. The summed E-state index contributed by atoms with van der Waals surface area (Å²) in [6, 6.07) is 22.0. The van der Waals surface area contributed by atoms with Gasteiger partial charge in [-0.3, -0.25) is 0 Å². The lowest BCUT2D eigenvalue weighted by Crippen LogP contribution is -1.73. The first-order chi connectivity index (χ1) is 9.43. The van der Waals surface area contributed by atoms with Gasteiger partial charge >= 0.3 is 0 Å². The van der Waals surface area contributed by atoms with Gasteiger partial charge in [0.1, 0.15) is 0 Å². The van der Waals surface area contributed by atoms with E-state index < -0.39 is 0 Å². The minimum Gasteiger partial charge on any atom is -0.151 e. The summed E-state index contributed by atoms with van der Waals surface area (Å²) < 4.78 is 0. The summed E-state index contributed by atoms with van der Waals surface area (Å²) in [5.41, 5.74) is 2.88. The molecule has 19 heavy (non-hydrogen) atoms. The van der Waals surface area contributed by atoms with Crippen LogP contribution in [0.3, 0.4) is 0 Å². The van der Waals surface area contributed by atoms with E-state index in [-0.39, 0.29) is 0 Å². The highest BCUT2D eigenvalue weighted by molar-refractivity contribution is 7.13. The van der Waals surface area contributed by atoms with Crippen molar-refractivity contribution in [2.75, 3.05) is 0 Å². The van der Waals surface area contributed by atoms with Gasteiger partial charge in [0.15, 0.2) is 0 Å². The van der Waals surface area contributed by atoms with E-state index in [9.17, 15) is 0 Å². The predicted octanol–water partition coefficient (Wildman–Crippen LogP) is 5.83. The molecule has 3 heteroatoms. The first-order valence-electron chi connectivity index (χ1n) is 6.03. The number of thiophene rings is 1. The maximum Gasteiger partial charge on any atom is 0.0943 e. The molecule has 0 fully saturated rings. The lowest BCUT2D eigenvalue weighted by Gasteiger charge is -2.01. The van der Waals surface area contributed by atoms with Crippen molar-refractivity contribution in [3.8, 4) is 10.4 Å². The van der Waals surface area contributed by atoms with Gasteiger partial charge in [0.25, 0.3) is 0 Å². The van der Waals surface area contributed by atoms with Crippen molar-refractivity contribution in [2.45, 2.75) is 0 Å². The molecule has 0 atom stereocenters. The van der Waals surface area contributed by atoms with Crippen LogP contribution in [0.2, 0.25) is 0 Å². The first-order valence-corrected chi connectivity index (χ1v) is 6.91. The molecule has 0 aliphatic carbocycles. The van der Waals surface area contributed by atoms with Crippen molar-refractivity contribution in [2.24, 2.45) is 10.2 Å². The molecular weight excluding hydrogens is 252 g/mol. The SMILES string of the molecule is c1ccc(N=Nc2ccccc2-c2cccs2)cc1. The van der Waals surface area contributed by atoms with Crippen molar-refractivity contribution >= 4 is 22.7 Å². The maximum absolute atomic E-state index is 4.36. The fraction of sp³-hybridized carbons (Fsp3) is 0. The van der Waals surface area contributed by atoms with E-state index in [1.54, 1.807) is 11.3 Å². The second-order valence-electron chi connectivity index (χ2n) is 4.03. The van der Waals surface area contributed by atoms with Gasteiger partial charge in [-0.05, 0) is 29.6 Å². The molecule has 0 saturated carbocycles. The molecule has 3 aromatic rings. The average Bonchev–Trinajstić information content (AvgIpc) is 3.01. The Hall–Kier alpha value is -2.26. The standard InChI is InChI=1S/C16H12N2S/c1-2-7-13(8-3-1)17-18-15-10-5-4-9-14(15)16-11-6-12-19-16/h1-12H. The molecular formula is C16H12N2S. The lowest BCUT2D eigenvalue weighted by molar-refractivity contribution is 1.23. The highest BCUT2D eigenvalue weighted by Gasteiger charge is 2.04. The third kappa shape index (κ3) is 2.77. The maximum atomic E-state index is 4.36. The Morgan fingerprint density at radius 2 is 1.47 bits per heavy atom. The Morgan fingerprint density at radius 1 is 0.684 bits per heavy atom. The molecule has 1 heterocycles. The Bertz CT molecular complexity index is 673. The summed E-state index contributed by atoms with van der Waals surface area (Å²) in [6.07, 6.45) is 0. The molecule has 0 unspecified atom stereocenters. The van der Waals surface area contributed by atoms with Gasteiger partial charge in [-0.15, -0.1) is 16.5 Å².